The quantitative estimate of drug-likeness (QED) is 0.253. The van der Waals surface area contributed by atoms with Gasteiger partial charge >= 0.3 is 6.09 Å². The molecule has 0 bridgehead atoms. The van der Waals surface area contributed by atoms with Crippen LogP contribution in [-0.4, -0.2) is 34.3 Å². The van der Waals surface area contributed by atoms with E-state index in [2.05, 4.69) is 21.2 Å². The lowest BCUT2D eigenvalue weighted by Crippen LogP contribution is -2.39. The van der Waals surface area contributed by atoms with Crippen LogP contribution < -0.4 is 16.2 Å². The van der Waals surface area contributed by atoms with Gasteiger partial charge in [-0.05, 0) is 47.5 Å². The van der Waals surface area contributed by atoms with Gasteiger partial charge in [0.2, 0.25) is 5.91 Å². The number of hydrogen-bond acceptors (Lipinski definition) is 6. The predicted molar refractivity (Wildman–Crippen MR) is 147 cm³/mol. The lowest BCUT2D eigenvalue weighted by atomic mass is 10.1. The molecule has 0 aliphatic carbocycles. The van der Waals surface area contributed by atoms with Crippen LogP contribution in [0.25, 0.3) is 0 Å². The number of nitrogens with zero attached hydrogens (tertiary/aromatic N) is 2. The molecular formula is C30H29N5O4. The Kier molecular flexibility index (Phi) is 9.61. The number of benzene rings is 3. The van der Waals surface area contributed by atoms with E-state index in [4.69, 9.17) is 4.74 Å². The summed E-state index contributed by atoms with van der Waals surface area (Å²) in [5, 5.41) is 2.52. The smallest absolute Gasteiger partial charge is 0.407 e. The highest BCUT2D eigenvalue weighted by atomic mass is 16.5. The first-order valence-corrected chi connectivity index (χ1v) is 12.4. The van der Waals surface area contributed by atoms with Gasteiger partial charge in [-0.3, -0.25) is 25.4 Å². The van der Waals surface area contributed by atoms with E-state index < -0.39 is 6.09 Å². The van der Waals surface area contributed by atoms with E-state index in [0.29, 0.717) is 11.3 Å². The molecule has 1 aromatic heterocycles. The van der Waals surface area contributed by atoms with E-state index >= 15 is 0 Å². The van der Waals surface area contributed by atoms with Crippen molar-refractivity contribution in [3.63, 3.8) is 0 Å². The van der Waals surface area contributed by atoms with Crippen molar-refractivity contribution in [2.24, 2.45) is 0 Å². The molecule has 0 atom stereocenters. The zero-order valence-electron chi connectivity index (χ0n) is 21.2. The average molecular weight is 524 g/mol. The summed E-state index contributed by atoms with van der Waals surface area (Å²) in [6.07, 6.45) is 0.984. The van der Waals surface area contributed by atoms with Crippen molar-refractivity contribution in [2.45, 2.75) is 19.7 Å². The summed E-state index contributed by atoms with van der Waals surface area (Å²) >= 11 is 0. The van der Waals surface area contributed by atoms with Gasteiger partial charge in [0, 0.05) is 18.3 Å². The number of para-hydroxylation sites is 1. The highest BCUT2D eigenvalue weighted by Crippen LogP contribution is 2.12. The summed E-state index contributed by atoms with van der Waals surface area (Å²) in [6.45, 7) is 0.398. The molecule has 3 amide bonds. The van der Waals surface area contributed by atoms with E-state index in [9.17, 15) is 14.4 Å². The predicted octanol–water partition coefficient (Wildman–Crippen LogP) is 4.29. The van der Waals surface area contributed by atoms with Crippen molar-refractivity contribution in [1.82, 2.24) is 20.6 Å². The molecule has 198 valence electrons. The topological polar surface area (TPSA) is 113 Å². The molecule has 3 N–H and O–H groups in total. The first-order valence-electron chi connectivity index (χ1n) is 12.4. The minimum Gasteiger partial charge on any atom is -0.445 e. The van der Waals surface area contributed by atoms with Crippen LogP contribution in [0.2, 0.25) is 0 Å². The SMILES string of the molecule is O=C(NCC(=O)N(Cc1ccc(C(=O)NNc2ccccc2)cc1)Cc1ccccn1)OCc1ccccc1. The Labute approximate surface area is 226 Å². The van der Waals surface area contributed by atoms with Crippen LogP contribution in [-0.2, 0) is 29.2 Å². The van der Waals surface area contributed by atoms with E-state index in [1.54, 1.807) is 41.4 Å². The van der Waals surface area contributed by atoms with E-state index in [-0.39, 0.29) is 38.1 Å². The van der Waals surface area contributed by atoms with Gasteiger partial charge in [0.05, 0.1) is 17.9 Å². The standard InChI is InChI=1S/C30H29N5O4/c36-28(19-32-30(38)39-22-24-9-3-1-4-10-24)35(21-27-13-7-8-18-31-27)20-23-14-16-25(17-15-23)29(37)34-33-26-11-5-2-6-12-26/h1-18,33H,19-22H2,(H,32,38)(H,34,37). The number of amides is 3. The largest absolute Gasteiger partial charge is 0.445 e. The normalized spacial score (nSPS) is 10.3. The molecule has 9 nitrogen and oxygen atoms in total. The third-order valence-electron chi connectivity index (χ3n) is 5.71. The Morgan fingerprint density at radius 3 is 2.13 bits per heavy atom. The highest BCUT2D eigenvalue weighted by molar-refractivity contribution is 5.94. The van der Waals surface area contributed by atoms with Crippen molar-refractivity contribution in [1.29, 1.82) is 0 Å². The molecule has 0 fully saturated rings. The van der Waals surface area contributed by atoms with Gasteiger partial charge in [0.1, 0.15) is 13.2 Å². The number of carbonyl (C=O) groups excluding carboxylic acids is 3. The third-order valence-corrected chi connectivity index (χ3v) is 5.71. The second-order valence-corrected chi connectivity index (χ2v) is 8.63. The number of aromatic nitrogens is 1. The Balaban J connectivity index is 1.34. The number of hydrogen-bond donors (Lipinski definition) is 3. The molecule has 39 heavy (non-hydrogen) atoms. The van der Waals surface area contributed by atoms with Crippen molar-refractivity contribution in [3.8, 4) is 0 Å². The lowest BCUT2D eigenvalue weighted by molar-refractivity contribution is -0.131. The molecule has 3 aromatic carbocycles. The third kappa shape index (κ3) is 8.71. The summed E-state index contributed by atoms with van der Waals surface area (Å²) < 4.78 is 5.20. The van der Waals surface area contributed by atoms with Crippen molar-refractivity contribution < 1.29 is 19.1 Å². The van der Waals surface area contributed by atoms with Gasteiger partial charge in [-0.25, -0.2) is 4.79 Å². The maximum Gasteiger partial charge on any atom is 0.407 e. The number of anilines is 1. The molecule has 0 aliphatic rings. The number of alkyl carbamates (subject to hydrolysis) is 1. The van der Waals surface area contributed by atoms with Crippen LogP contribution in [0.5, 0.6) is 0 Å². The number of ether oxygens (including phenoxy) is 1. The van der Waals surface area contributed by atoms with Gasteiger partial charge in [0.15, 0.2) is 0 Å². The highest BCUT2D eigenvalue weighted by Gasteiger charge is 2.17. The number of rotatable bonds is 11. The molecule has 0 spiro atoms. The fraction of sp³-hybridized carbons (Fsp3) is 0.133. The first-order chi connectivity index (χ1) is 19.1. The zero-order chi connectivity index (χ0) is 27.3. The molecule has 4 aromatic rings. The molecule has 0 saturated heterocycles. The van der Waals surface area contributed by atoms with E-state index in [0.717, 1.165) is 16.8 Å². The monoisotopic (exact) mass is 523 g/mol. The fourth-order valence-corrected chi connectivity index (χ4v) is 3.66. The molecule has 0 saturated carbocycles. The zero-order valence-corrected chi connectivity index (χ0v) is 21.2. The van der Waals surface area contributed by atoms with Gasteiger partial charge in [-0.2, -0.15) is 0 Å². The van der Waals surface area contributed by atoms with Crippen LogP contribution in [0.3, 0.4) is 0 Å². The van der Waals surface area contributed by atoms with Gasteiger partial charge in [-0.1, -0.05) is 66.7 Å². The summed E-state index contributed by atoms with van der Waals surface area (Å²) in [6, 6.07) is 31.0. The number of carbonyl (C=O) groups is 3. The minimum absolute atomic E-state index is 0.110. The molecule has 1 heterocycles. The molecule has 9 heteroatoms. The molecule has 4 rings (SSSR count). The summed E-state index contributed by atoms with van der Waals surface area (Å²) in [4.78, 5) is 43.6. The van der Waals surface area contributed by atoms with Crippen molar-refractivity contribution in [2.75, 3.05) is 12.0 Å². The first kappa shape index (κ1) is 26.9. The molecule has 0 unspecified atom stereocenters. The Morgan fingerprint density at radius 1 is 0.744 bits per heavy atom. The number of pyridine rings is 1. The van der Waals surface area contributed by atoms with E-state index in [1.807, 2.05) is 72.8 Å². The van der Waals surface area contributed by atoms with Gasteiger partial charge in [0.25, 0.3) is 5.91 Å². The van der Waals surface area contributed by atoms with Gasteiger partial charge in [-0.15, -0.1) is 0 Å². The maximum atomic E-state index is 13.1. The van der Waals surface area contributed by atoms with Crippen LogP contribution >= 0.6 is 0 Å². The van der Waals surface area contributed by atoms with Gasteiger partial charge < -0.3 is 15.0 Å². The molecule has 0 aliphatic heterocycles. The Hall–Kier alpha value is -5.18. The summed E-state index contributed by atoms with van der Waals surface area (Å²) in [5.41, 5.74) is 9.14. The molecular weight excluding hydrogens is 494 g/mol. The van der Waals surface area contributed by atoms with Crippen LogP contribution in [0.1, 0.15) is 27.2 Å². The van der Waals surface area contributed by atoms with Crippen LogP contribution in [0, 0.1) is 0 Å². The number of nitrogens with one attached hydrogen (secondary N) is 3. The van der Waals surface area contributed by atoms with Crippen molar-refractivity contribution in [3.05, 3.63) is 132 Å². The van der Waals surface area contributed by atoms with Crippen LogP contribution in [0.4, 0.5) is 10.5 Å². The minimum atomic E-state index is -0.676. The Bertz CT molecular complexity index is 1350. The fourth-order valence-electron chi connectivity index (χ4n) is 3.66. The van der Waals surface area contributed by atoms with Crippen LogP contribution in [0.15, 0.2) is 109 Å². The maximum absolute atomic E-state index is 13.1. The lowest BCUT2D eigenvalue weighted by Gasteiger charge is -2.23. The average Bonchev–Trinajstić information content (AvgIpc) is 2.99. The Morgan fingerprint density at radius 2 is 1.44 bits per heavy atom. The van der Waals surface area contributed by atoms with E-state index in [1.165, 1.54) is 0 Å². The van der Waals surface area contributed by atoms with Crippen molar-refractivity contribution >= 4 is 23.6 Å². The number of hydrazine groups is 1. The summed E-state index contributed by atoms with van der Waals surface area (Å²) in [5.74, 6) is -0.587. The second kappa shape index (κ2) is 13.9. The molecule has 0 radical (unpaired) electrons. The second-order valence-electron chi connectivity index (χ2n) is 8.63. The summed E-state index contributed by atoms with van der Waals surface area (Å²) in [7, 11) is 0.